The van der Waals surface area contributed by atoms with Crippen molar-refractivity contribution in [1.82, 2.24) is 5.32 Å². The number of amides is 1. The number of carbonyl (C=O) groups excluding carboxylic acids is 1. The first-order valence-corrected chi connectivity index (χ1v) is 7.43. The van der Waals surface area contributed by atoms with E-state index in [2.05, 4.69) is 24.4 Å². The van der Waals surface area contributed by atoms with Crippen LogP contribution in [0.2, 0.25) is 0 Å². The molecule has 1 rings (SSSR count). The molecule has 0 aromatic carbocycles. The van der Waals surface area contributed by atoms with Crippen molar-refractivity contribution >= 4 is 17.2 Å². The van der Waals surface area contributed by atoms with Gasteiger partial charge in [0.15, 0.2) is 0 Å². The van der Waals surface area contributed by atoms with Gasteiger partial charge in [-0.2, -0.15) is 0 Å². The maximum Gasteiger partial charge on any atom is 0.220 e. The minimum Gasteiger partial charge on any atom is -0.393 e. The Hall–Kier alpha value is -0.870. The third kappa shape index (κ3) is 6.17. The molecule has 1 amide bonds. The van der Waals surface area contributed by atoms with Crippen LogP contribution in [0.25, 0.3) is 0 Å². The SMILES string of the molecule is CCC(O)CCNC(=O)CCCc1ccc(C)s1. The van der Waals surface area contributed by atoms with Gasteiger partial charge in [-0.1, -0.05) is 6.92 Å². The fraction of sp³-hybridized carbons (Fsp3) is 0.643. The minimum absolute atomic E-state index is 0.0894. The Morgan fingerprint density at radius 1 is 1.50 bits per heavy atom. The molecule has 18 heavy (non-hydrogen) atoms. The number of nitrogens with one attached hydrogen (secondary N) is 1. The van der Waals surface area contributed by atoms with Gasteiger partial charge in [-0.05, 0) is 44.7 Å². The van der Waals surface area contributed by atoms with Gasteiger partial charge in [0.25, 0.3) is 0 Å². The Labute approximate surface area is 113 Å². The average Bonchev–Trinajstić information content (AvgIpc) is 2.75. The Balaban J connectivity index is 2.06. The highest BCUT2D eigenvalue weighted by atomic mass is 32.1. The number of carbonyl (C=O) groups is 1. The van der Waals surface area contributed by atoms with Crippen molar-refractivity contribution in [1.29, 1.82) is 0 Å². The van der Waals surface area contributed by atoms with Crippen LogP contribution in [0.4, 0.5) is 0 Å². The first kappa shape index (κ1) is 15.2. The lowest BCUT2D eigenvalue weighted by molar-refractivity contribution is -0.121. The van der Waals surface area contributed by atoms with Crippen molar-refractivity contribution < 1.29 is 9.90 Å². The normalized spacial score (nSPS) is 12.4. The number of aliphatic hydroxyl groups is 1. The van der Waals surface area contributed by atoms with Crippen molar-refractivity contribution in [3.05, 3.63) is 21.9 Å². The molecule has 0 radical (unpaired) electrons. The summed E-state index contributed by atoms with van der Waals surface area (Å²) >= 11 is 1.80. The molecular weight excluding hydrogens is 246 g/mol. The van der Waals surface area contributed by atoms with Crippen LogP contribution in [0.5, 0.6) is 0 Å². The quantitative estimate of drug-likeness (QED) is 0.762. The molecular formula is C14H23NO2S. The van der Waals surface area contributed by atoms with Gasteiger partial charge in [0.05, 0.1) is 6.10 Å². The first-order chi connectivity index (χ1) is 8.61. The molecule has 0 saturated heterocycles. The van der Waals surface area contributed by atoms with Crippen LogP contribution in [0, 0.1) is 6.92 Å². The smallest absolute Gasteiger partial charge is 0.220 e. The highest BCUT2D eigenvalue weighted by Gasteiger charge is 2.04. The summed E-state index contributed by atoms with van der Waals surface area (Å²) in [7, 11) is 0. The Morgan fingerprint density at radius 3 is 2.89 bits per heavy atom. The highest BCUT2D eigenvalue weighted by Crippen LogP contribution is 2.17. The van der Waals surface area contributed by atoms with Gasteiger partial charge >= 0.3 is 0 Å². The second kappa shape index (κ2) is 8.27. The molecule has 0 saturated carbocycles. The topological polar surface area (TPSA) is 49.3 Å². The molecule has 0 fully saturated rings. The van der Waals surface area contributed by atoms with E-state index in [4.69, 9.17) is 0 Å². The molecule has 1 aromatic rings. The average molecular weight is 269 g/mol. The fourth-order valence-electron chi connectivity index (χ4n) is 1.71. The number of aliphatic hydroxyl groups excluding tert-OH is 1. The summed E-state index contributed by atoms with van der Waals surface area (Å²) in [6.45, 7) is 4.61. The van der Waals surface area contributed by atoms with E-state index in [1.807, 2.05) is 6.92 Å². The fourth-order valence-corrected chi connectivity index (χ4v) is 2.65. The van der Waals surface area contributed by atoms with E-state index in [0.717, 1.165) is 19.3 Å². The van der Waals surface area contributed by atoms with Crippen LogP contribution in [0.1, 0.15) is 42.4 Å². The van der Waals surface area contributed by atoms with Crippen LogP contribution in [0.15, 0.2) is 12.1 Å². The van der Waals surface area contributed by atoms with Crippen molar-refractivity contribution in [3.63, 3.8) is 0 Å². The maximum atomic E-state index is 11.5. The van der Waals surface area contributed by atoms with Crippen LogP contribution >= 0.6 is 11.3 Å². The van der Waals surface area contributed by atoms with Crippen molar-refractivity contribution in [2.24, 2.45) is 0 Å². The number of hydrogen-bond donors (Lipinski definition) is 2. The van der Waals surface area contributed by atoms with Crippen LogP contribution in [-0.4, -0.2) is 23.7 Å². The number of rotatable bonds is 8. The van der Waals surface area contributed by atoms with E-state index >= 15 is 0 Å². The maximum absolute atomic E-state index is 11.5. The minimum atomic E-state index is -0.292. The molecule has 0 spiro atoms. The molecule has 1 unspecified atom stereocenters. The second-order valence-corrected chi connectivity index (χ2v) is 5.94. The third-order valence-electron chi connectivity index (χ3n) is 2.89. The number of thiophene rings is 1. The predicted octanol–water partition coefficient (Wildman–Crippen LogP) is 2.66. The van der Waals surface area contributed by atoms with E-state index in [1.54, 1.807) is 11.3 Å². The van der Waals surface area contributed by atoms with Crippen molar-refractivity contribution in [3.8, 4) is 0 Å². The lowest BCUT2D eigenvalue weighted by atomic mass is 10.2. The van der Waals surface area contributed by atoms with E-state index < -0.39 is 0 Å². The molecule has 0 aliphatic carbocycles. The largest absolute Gasteiger partial charge is 0.393 e. The summed E-state index contributed by atoms with van der Waals surface area (Å²) in [6, 6.07) is 4.25. The Morgan fingerprint density at radius 2 is 2.28 bits per heavy atom. The van der Waals surface area contributed by atoms with Gasteiger partial charge < -0.3 is 10.4 Å². The lowest BCUT2D eigenvalue weighted by Gasteiger charge is -2.08. The van der Waals surface area contributed by atoms with Gasteiger partial charge in [-0.3, -0.25) is 4.79 Å². The monoisotopic (exact) mass is 269 g/mol. The zero-order valence-corrected chi connectivity index (χ0v) is 12.1. The van der Waals surface area contributed by atoms with Crippen LogP contribution in [-0.2, 0) is 11.2 Å². The summed E-state index contributed by atoms with van der Waals surface area (Å²) in [5.74, 6) is 0.0894. The molecule has 3 nitrogen and oxygen atoms in total. The Kier molecular flexibility index (Phi) is 6.98. The molecule has 0 bridgehead atoms. The zero-order chi connectivity index (χ0) is 13.4. The van der Waals surface area contributed by atoms with Gasteiger partial charge in [0, 0.05) is 22.7 Å². The Bertz CT molecular complexity index is 362. The molecule has 1 heterocycles. The number of aryl methyl sites for hydroxylation is 2. The summed E-state index contributed by atoms with van der Waals surface area (Å²) in [5, 5.41) is 12.2. The summed E-state index contributed by atoms with van der Waals surface area (Å²) < 4.78 is 0. The lowest BCUT2D eigenvalue weighted by Crippen LogP contribution is -2.26. The molecule has 4 heteroatoms. The van der Waals surface area contributed by atoms with E-state index in [0.29, 0.717) is 19.4 Å². The summed E-state index contributed by atoms with van der Waals surface area (Å²) in [4.78, 5) is 14.2. The van der Waals surface area contributed by atoms with Gasteiger partial charge in [-0.25, -0.2) is 0 Å². The second-order valence-electron chi connectivity index (χ2n) is 4.57. The van der Waals surface area contributed by atoms with Gasteiger partial charge in [0.1, 0.15) is 0 Å². The first-order valence-electron chi connectivity index (χ1n) is 6.62. The van der Waals surface area contributed by atoms with Gasteiger partial charge in [-0.15, -0.1) is 11.3 Å². The molecule has 2 N–H and O–H groups in total. The molecule has 102 valence electrons. The summed E-state index contributed by atoms with van der Waals surface area (Å²) in [6.07, 6.45) is 3.53. The summed E-state index contributed by atoms with van der Waals surface area (Å²) in [5.41, 5.74) is 0. The van der Waals surface area contributed by atoms with Crippen molar-refractivity contribution in [2.75, 3.05) is 6.54 Å². The highest BCUT2D eigenvalue weighted by molar-refractivity contribution is 7.11. The zero-order valence-electron chi connectivity index (χ0n) is 11.2. The molecule has 0 aliphatic heterocycles. The van der Waals surface area contributed by atoms with Crippen molar-refractivity contribution in [2.45, 2.75) is 52.1 Å². The molecule has 0 aliphatic rings. The molecule has 1 aromatic heterocycles. The van der Waals surface area contributed by atoms with E-state index in [1.165, 1.54) is 9.75 Å². The standard InChI is InChI=1S/C14H23NO2S/c1-3-12(16)9-10-15-14(17)6-4-5-13-8-7-11(2)18-13/h7-8,12,16H,3-6,9-10H2,1-2H3,(H,15,17). The van der Waals surface area contributed by atoms with E-state index in [9.17, 15) is 9.90 Å². The van der Waals surface area contributed by atoms with Gasteiger partial charge in [0.2, 0.25) is 5.91 Å². The molecule has 1 atom stereocenters. The third-order valence-corrected chi connectivity index (χ3v) is 3.95. The van der Waals surface area contributed by atoms with Crippen LogP contribution in [0.3, 0.4) is 0 Å². The van der Waals surface area contributed by atoms with Crippen LogP contribution < -0.4 is 5.32 Å². The van der Waals surface area contributed by atoms with E-state index in [-0.39, 0.29) is 12.0 Å². The predicted molar refractivity (Wildman–Crippen MR) is 75.9 cm³/mol. The number of hydrogen-bond acceptors (Lipinski definition) is 3.